The fourth-order valence-electron chi connectivity index (χ4n) is 0.258. The number of nitrogen functional groups attached to an aromatic ring is 1. The van der Waals surface area contributed by atoms with Gasteiger partial charge in [-0.05, 0) is 0 Å². The van der Waals surface area contributed by atoms with Crippen LogP contribution < -0.4 is 5.84 Å². The Hall–Kier alpha value is -0.840. The Morgan fingerprint density at radius 1 is 2.00 bits per heavy atom. The fraction of sp³-hybridized carbons (Fsp3) is 0. The van der Waals surface area contributed by atoms with Crippen LogP contribution in [-0.4, -0.2) is 15.1 Å². The smallest absolute Gasteiger partial charge is 0.165 e. The lowest BCUT2D eigenvalue weighted by Crippen LogP contribution is -2.09. The van der Waals surface area contributed by atoms with E-state index in [1.54, 1.807) is 0 Å². The number of hydrogen-bond acceptors (Lipinski definition) is 3. The van der Waals surface area contributed by atoms with Crippen LogP contribution in [0.1, 0.15) is 0 Å². The maximum absolute atomic E-state index is 5.13. The van der Waals surface area contributed by atoms with Crippen molar-refractivity contribution in [1.82, 2.24) is 15.1 Å². The van der Waals surface area contributed by atoms with Gasteiger partial charge in [-0.25, -0.2) is 0 Å². The summed E-state index contributed by atoms with van der Waals surface area (Å²) in [5, 5.41) is 5.94. The molecule has 0 aliphatic heterocycles. The van der Waals surface area contributed by atoms with Crippen LogP contribution in [0.25, 0.3) is 0 Å². The lowest BCUT2D eigenvalue weighted by molar-refractivity contribution is 0.758. The second-order valence-corrected chi connectivity index (χ2v) is 1.48. The maximum atomic E-state index is 5.13. The summed E-state index contributed by atoms with van der Waals surface area (Å²) in [6.45, 7) is 0. The summed E-state index contributed by atoms with van der Waals surface area (Å²) >= 11 is 4.63. The van der Waals surface area contributed by atoms with E-state index < -0.39 is 0 Å². The van der Waals surface area contributed by atoms with Crippen LogP contribution in [0.3, 0.4) is 0 Å². The van der Waals surface area contributed by atoms with E-state index in [2.05, 4.69) is 22.5 Å². The fourth-order valence-corrected chi connectivity index (χ4v) is 0.351. The molecule has 0 aliphatic carbocycles. The van der Waals surface area contributed by atoms with Gasteiger partial charge in [-0.3, -0.25) is 0 Å². The molecule has 0 bridgehead atoms. The van der Waals surface area contributed by atoms with Gasteiger partial charge < -0.3 is 5.84 Å². The van der Waals surface area contributed by atoms with Crippen molar-refractivity contribution in [1.29, 1.82) is 0 Å². The molecule has 1 heterocycles. The first-order chi connectivity index (χ1) is 3.30. The van der Waals surface area contributed by atoms with Crippen molar-refractivity contribution >= 4 is 12.2 Å². The van der Waals surface area contributed by atoms with E-state index >= 15 is 0 Å². The highest BCUT2D eigenvalue weighted by Crippen LogP contribution is 1.74. The van der Waals surface area contributed by atoms with Crippen molar-refractivity contribution in [3.8, 4) is 0 Å². The van der Waals surface area contributed by atoms with Crippen LogP contribution in [0, 0.1) is 4.64 Å². The zero-order valence-electron chi connectivity index (χ0n) is 3.46. The van der Waals surface area contributed by atoms with E-state index in [1.165, 1.54) is 6.20 Å². The predicted molar refractivity (Wildman–Crippen MR) is 27.6 cm³/mol. The Bertz CT molecular complexity index is 197. The summed E-state index contributed by atoms with van der Waals surface area (Å²) in [5.41, 5.74) is 0. The van der Waals surface area contributed by atoms with Gasteiger partial charge in [-0.15, -0.1) is 0 Å². The van der Waals surface area contributed by atoms with Crippen molar-refractivity contribution in [2.45, 2.75) is 0 Å². The maximum Gasteiger partial charge on any atom is 0.165 e. The topological polar surface area (TPSA) is 59.6 Å². The van der Waals surface area contributed by atoms with Crippen molar-refractivity contribution in [2.75, 3.05) is 5.84 Å². The summed E-state index contributed by atoms with van der Waals surface area (Å²) in [5.74, 6) is 5.13. The van der Waals surface area contributed by atoms with Crippen molar-refractivity contribution in [3.63, 3.8) is 0 Å². The first-order valence-corrected chi connectivity index (χ1v) is 2.09. The van der Waals surface area contributed by atoms with Crippen molar-refractivity contribution in [2.24, 2.45) is 0 Å². The highest BCUT2D eigenvalue weighted by molar-refractivity contribution is 7.71. The van der Waals surface area contributed by atoms with E-state index in [0.29, 0.717) is 4.64 Å². The first kappa shape index (κ1) is 4.32. The summed E-state index contributed by atoms with van der Waals surface area (Å²) in [6.07, 6.45) is 1.47. The standard InChI is InChI=1S/C2H4N4S/c3-6-2(7)1-4-5-6/h1,5H,3H2. The lowest BCUT2D eigenvalue weighted by atomic mass is 11.0. The Morgan fingerprint density at radius 2 is 2.71 bits per heavy atom. The van der Waals surface area contributed by atoms with E-state index in [-0.39, 0.29) is 0 Å². The average molecular weight is 116 g/mol. The molecule has 0 atom stereocenters. The average Bonchev–Trinajstić information content (AvgIpc) is 1.91. The number of nitrogens with zero attached hydrogens (tertiary/aromatic N) is 2. The van der Waals surface area contributed by atoms with E-state index in [1.807, 2.05) is 0 Å². The van der Waals surface area contributed by atoms with E-state index in [0.717, 1.165) is 4.79 Å². The third-order valence-corrected chi connectivity index (χ3v) is 0.880. The molecule has 1 aromatic rings. The lowest BCUT2D eigenvalue weighted by Gasteiger charge is -1.81. The van der Waals surface area contributed by atoms with Gasteiger partial charge in [0, 0.05) is 0 Å². The summed E-state index contributed by atoms with van der Waals surface area (Å²) in [6, 6.07) is 0. The molecule has 0 aliphatic rings. The summed E-state index contributed by atoms with van der Waals surface area (Å²) in [7, 11) is 0. The molecule has 38 valence electrons. The van der Waals surface area contributed by atoms with Crippen LogP contribution in [-0.2, 0) is 0 Å². The molecule has 0 aromatic carbocycles. The SMILES string of the molecule is Nn1[nH]ncc1=S. The largest absolute Gasteiger partial charge is 0.322 e. The van der Waals surface area contributed by atoms with Gasteiger partial charge in [0.15, 0.2) is 4.64 Å². The van der Waals surface area contributed by atoms with Gasteiger partial charge >= 0.3 is 0 Å². The zero-order chi connectivity index (χ0) is 5.28. The molecule has 0 saturated carbocycles. The number of nitrogens with two attached hydrogens (primary N) is 1. The van der Waals surface area contributed by atoms with Gasteiger partial charge in [-0.1, -0.05) is 12.2 Å². The predicted octanol–water partition coefficient (Wildman–Crippen LogP) is -0.346. The third-order valence-electron chi connectivity index (χ3n) is 0.578. The Morgan fingerprint density at radius 3 is 2.86 bits per heavy atom. The molecule has 1 aromatic heterocycles. The zero-order valence-corrected chi connectivity index (χ0v) is 4.27. The molecule has 0 amide bonds. The van der Waals surface area contributed by atoms with Gasteiger partial charge in [0.05, 0.1) is 6.20 Å². The second-order valence-electron chi connectivity index (χ2n) is 1.07. The number of aromatic amines is 1. The minimum atomic E-state index is 0.500. The monoisotopic (exact) mass is 116 g/mol. The third kappa shape index (κ3) is 0.614. The molecule has 0 saturated heterocycles. The molecule has 3 N–H and O–H groups in total. The van der Waals surface area contributed by atoms with Crippen molar-refractivity contribution < 1.29 is 0 Å². The molecule has 0 spiro atoms. The highest BCUT2D eigenvalue weighted by Gasteiger charge is 1.78. The van der Waals surface area contributed by atoms with Gasteiger partial charge in [0.25, 0.3) is 0 Å². The van der Waals surface area contributed by atoms with Crippen LogP contribution in [0.2, 0.25) is 0 Å². The molecular weight excluding hydrogens is 112 g/mol. The minimum absolute atomic E-state index is 0.500. The molecule has 4 nitrogen and oxygen atoms in total. The number of H-pyrrole nitrogens is 1. The van der Waals surface area contributed by atoms with Crippen LogP contribution in [0.4, 0.5) is 0 Å². The molecule has 7 heavy (non-hydrogen) atoms. The number of aromatic nitrogens is 3. The summed E-state index contributed by atoms with van der Waals surface area (Å²) < 4.78 is 0.500. The van der Waals surface area contributed by atoms with E-state index in [4.69, 9.17) is 5.84 Å². The molecule has 1 rings (SSSR count). The van der Waals surface area contributed by atoms with Crippen molar-refractivity contribution in [3.05, 3.63) is 10.8 Å². The number of hydrogen-bond donors (Lipinski definition) is 2. The molecule has 5 heteroatoms. The normalized spacial score (nSPS) is 9.14. The van der Waals surface area contributed by atoms with E-state index in [9.17, 15) is 0 Å². The second kappa shape index (κ2) is 1.34. The summed E-state index contributed by atoms with van der Waals surface area (Å²) in [4.78, 5) is 1.16. The Kier molecular flexibility index (Phi) is 0.828. The van der Waals surface area contributed by atoms with Crippen LogP contribution in [0.15, 0.2) is 6.20 Å². The van der Waals surface area contributed by atoms with Crippen LogP contribution in [0.5, 0.6) is 0 Å². The Labute approximate surface area is 44.9 Å². The highest BCUT2D eigenvalue weighted by atomic mass is 32.1. The molecule has 0 unspecified atom stereocenters. The Balaban J connectivity index is 3.39. The van der Waals surface area contributed by atoms with Gasteiger partial charge in [-0.2, -0.15) is 15.1 Å². The van der Waals surface area contributed by atoms with Gasteiger partial charge in [0.1, 0.15) is 0 Å². The quantitative estimate of drug-likeness (QED) is 0.360. The number of nitrogens with one attached hydrogen (secondary N) is 1. The molecular formula is C2H4N4S. The first-order valence-electron chi connectivity index (χ1n) is 1.68. The molecule has 0 fully saturated rings. The molecule has 0 radical (unpaired) electrons. The number of rotatable bonds is 0. The van der Waals surface area contributed by atoms with Gasteiger partial charge in [0.2, 0.25) is 0 Å². The van der Waals surface area contributed by atoms with Crippen LogP contribution >= 0.6 is 12.2 Å². The minimum Gasteiger partial charge on any atom is -0.322 e.